The van der Waals surface area contributed by atoms with Gasteiger partial charge in [0.15, 0.2) is 5.82 Å². The number of rotatable bonds is 1. The van der Waals surface area contributed by atoms with E-state index in [1.54, 1.807) is 20.8 Å². The van der Waals surface area contributed by atoms with Gasteiger partial charge in [0.25, 0.3) is 0 Å². The molecule has 0 atom stereocenters. The SMILES string of the molecule is CC(C)(C)OC(=O)Nc1ncc(Br)nc1I. The molecule has 0 unspecified atom stereocenters. The zero-order valence-corrected chi connectivity index (χ0v) is 12.8. The first-order valence-corrected chi connectivity index (χ1v) is 6.33. The van der Waals surface area contributed by atoms with Crippen LogP contribution >= 0.6 is 38.5 Å². The minimum absolute atomic E-state index is 0.387. The van der Waals surface area contributed by atoms with Crippen molar-refractivity contribution in [2.45, 2.75) is 26.4 Å². The summed E-state index contributed by atoms with van der Waals surface area (Å²) in [5.74, 6) is 0.387. The van der Waals surface area contributed by atoms with Crippen molar-refractivity contribution in [3.05, 3.63) is 14.5 Å². The third-order valence-electron chi connectivity index (χ3n) is 1.32. The number of hydrogen-bond donors (Lipinski definition) is 1. The predicted molar refractivity (Wildman–Crippen MR) is 72.3 cm³/mol. The lowest BCUT2D eigenvalue weighted by Gasteiger charge is -2.19. The molecule has 7 heteroatoms. The van der Waals surface area contributed by atoms with Gasteiger partial charge in [0.2, 0.25) is 0 Å². The lowest BCUT2D eigenvalue weighted by molar-refractivity contribution is 0.0635. The lowest BCUT2D eigenvalue weighted by Crippen LogP contribution is -2.27. The van der Waals surface area contributed by atoms with Gasteiger partial charge in [-0.3, -0.25) is 5.32 Å². The molecule has 1 amide bonds. The first-order valence-electron chi connectivity index (χ1n) is 4.46. The lowest BCUT2D eigenvalue weighted by atomic mass is 10.2. The van der Waals surface area contributed by atoms with Crippen molar-refractivity contribution in [2.24, 2.45) is 0 Å². The molecule has 0 bridgehead atoms. The third-order valence-corrected chi connectivity index (χ3v) is 2.45. The molecule has 1 N–H and O–H groups in total. The normalized spacial score (nSPS) is 11.1. The molecule has 0 spiro atoms. The Labute approximate surface area is 116 Å². The van der Waals surface area contributed by atoms with Crippen LogP contribution in [0, 0.1) is 3.70 Å². The minimum Gasteiger partial charge on any atom is -0.444 e. The monoisotopic (exact) mass is 399 g/mol. The van der Waals surface area contributed by atoms with E-state index in [-0.39, 0.29) is 0 Å². The van der Waals surface area contributed by atoms with E-state index in [1.165, 1.54) is 6.20 Å². The Bertz CT molecular complexity index is 406. The average Bonchev–Trinajstić information content (AvgIpc) is 2.06. The molecule has 16 heavy (non-hydrogen) atoms. The zero-order chi connectivity index (χ0) is 12.3. The van der Waals surface area contributed by atoms with Crippen molar-refractivity contribution in [2.75, 3.05) is 5.32 Å². The number of anilines is 1. The number of aromatic nitrogens is 2. The maximum Gasteiger partial charge on any atom is 0.413 e. The van der Waals surface area contributed by atoms with Crippen LogP contribution in [-0.2, 0) is 4.74 Å². The fourth-order valence-electron chi connectivity index (χ4n) is 0.831. The number of amides is 1. The molecule has 1 rings (SSSR count). The summed E-state index contributed by atoms with van der Waals surface area (Å²) in [5.41, 5.74) is -0.529. The molecule has 0 saturated heterocycles. The van der Waals surface area contributed by atoms with Crippen molar-refractivity contribution < 1.29 is 9.53 Å². The van der Waals surface area contributed by atoms with E-state index in [9.17, 15) is 4.79 Å². The van der Waals surface area contributed by atoms with Crippen LogP contribution in [0.15, 0.2) is 10.8 Å². The predicted octanol–water partition coefficient (Wildman–Crippen LogP) is 3.19. The van der Waals surface area contributed by atoms with Gasteiger partial charge >= 0.3 is 6.09 Å². The molecule has 1 aromatic heterocycles. The summed E-state index contributed by atoms with van der Waals surface area (Å²) in [5, 5.41) is 2.53. The summed E-state index contributed by atoms with van der Waals surface area (Å²) in [7, 11) is 0. The Balaban J connectivity index is 2.70. The molecule has 88 valence electrons. The second kappa shape index (κ2) is 5.26. The first kappa shape index (κ1) is 13.6. The zero-order valence-electron chi connectivity index (χ0n) is 9.04. The fourth-order valence-corrected chi connectivity index (χ4v) is 1.98. The Morgan fingerprint density at radius 1 is 1.56 bits per heavy atom. The van der Waals surface area contributed by atoms with Crippen molar-refractivity contribution in [1.29, 1.82) is 0 Å². The van der Waals surface area contributed by atoms with Gasteiger partial charge in [0, 0.05) is 0 Å². The molecular formula is C9H11BrIN3O2. The van der Waals surface area contributed by atoms with E-state index in [0.29, 0.717) is 14.1 Å². The van der Waals surface area contributed by atoms with Crippen LogP contribution in [0.2, 0.25) is 0 Å². The molecule has 0 aliphatic rings. The van der Waals surface area contributed by atoms with Gasteiger partial charge < -0.3 is 4.74 Å². The first-order chi connectivity index (χ1) is 7.28. The van der Waals surface area contributed by atoms with Gasteiger partial charge in [-0.05, 0) is 59.3 Å². The van der Waals surface area contributed by atoms with Crippen LogP contribution in [0.5, 0.6) is 0 Å². The highest BCUT2D eigenvalue weighted by Crippen LogP contribution is 2.16. The number of carbonyl (C=O) groups excluding carboxylic acids is 1. The smallest absolute Gasteiger partial charge is 0.413 e. The van der Waals surface area contributed by atoms with Crippen LogP contribution in [0.4, 0.5) is 10.6 Å². The molecule has 0 aromatic carbocycles. The maximum absolute atomic E-state index is 11.4. The average molecular weight is 400 g/mol. The number of halogens is 2. The molecular weight excluding hydrogens is 389 g/mol. The quantitative estimate of drug-likeness (QED) is 0.736. The number of carbonyl (C=O) groups is 1. The van der Waals surface area contributed by atoms with E-state index in [0.717, 1.165) is 0 Å². The fraction of sp³-hybridized carbons (Fsp3) is 0.444. The van der Waals surface area contributed by atoms with Crippen molar-refractivity contribution in [1.82, 2.24) is 9.97 Å². The molecule has 5 nitrogen and oxygen atoms in total. The van der Waals surface area contributed by atoms with Crippen LogP contribution in [0.1, 0.15) is 20.8 Å². The highest BCUT2D eigenvalue weighted by Gasteiger charge is 2.17. The molecule has 0 aliphatic carbocycles. The van der Waals surface area contributed by atoms with E-state index < -0.39 is 11.7 Å². The summed E-state index contributed by atoms with van der Waals surface area (Å²) in [6.07, 6.45) is 0.969. The van der Waals surface area contributed by atoms with Gasteiger partial charge in [0.05, 0.1) is 6.20 Å². The summed E-state index contributed by atoms with van der Waals surface area (Å²) in [6, 6.07) is 0. The van der Waals surface area contributed by atoms with Crippen molar-refractivity contribution in [3.63, 3.8) is 0 Å². The van der Waals surface area contributed by atoms with Gasteiger partial charge in [-0.1, -0.05) is 0 Å². The minimum atomic E-state index is -0.540. The van der Waals surface area contributed by atoms with Crippen molar-refractivity contribution >= 4 is 50.4 Å². The second-order valence-electron chi connectivity index (χ2n) is 3.96. The van der Waals surface area contributed by atoms with Gasteiger partial charge in [0.1, 0.15) is 13.9 Å². The van der Waals surface area contributed by atoms with Crippen LogP contribution < -0.4 is 5.32 Å². The van der Waals surface area contributed by atoms with Crippen LogP contribution in [0.3, 0.4) is 0 Å². The topological polar surface area (TPSA) is 64.1 Å². The Morgan fingerprint density at radius 3 is 2.69 bits per heavy atom. The second-order valence-corrected chi connectivity index (χ2v) is 5.79. The summed E-state index contributed by atoms with van der Waals surface area (Å²) in [6.45, 7) is 5.39. The molecule has 1 aromatic rings. The van der Waals surface area contributed by atoms with Crippen molar-refractivity contribution in [3.8, 4) is 0 Å². The number of nitrogens with zero attached hydrogens (tertiary/aromatic N) is 2. The largest absolute Gasteiger partial charge is 0.444 e. The number of ether oxygens (including phenoxy) is 1. The summed E-state index contributed by atoms with van der Waals surface area (Å²) in [4.78, 5) is 19.6. The third kappa shape index (κ3) is 4.60. The highest BCUT2D eigenvalue weighted by atomic mass is 127. The van der Waals surface area contributed by atoms with E-state index in [1.807, 2.05) is 22.6 Å². The van der Waals surface area contributed by atoms with E-state index in [4.69, 9.17) is 4.74 Å². The molecule has 0 radical (unpaired) electrons. The Hall–Kier alpha value is -0.440. The van der Waals surface area contributed by atoms with Crippen LogP contribution in [-0.4, -0.2) is 21.7 Å². The van der Waals surface area contributed by atoms with E-state index >= 15 is 0 Å². The molecule has 0 saturated carbocycles. The Morgan fingerprint density at radius 2 is 2.19 bits per heavy atom. The van der Waals surface area contributed by atoms with Gasteiger partial charge in [-0.25, -0.2) is 14.8 Å². The molecule has 1 heterocycles. The highest BCUT2D eigenvalue weighted by molar-refractivity contribution is 14.1. The standard InChI is InChI=1S/C9H11BrIN3O2/c1-9(2,3)16-8(15)14-7-6(11)13-5(10)4-12-7/h4H,1-3H3,(H,12,14,15). The van der Waals surface area contributed by atoms with Crippen LogP contribution in [0.25, 0.3) is 0 Å². The number of nitrogens with one attached hydrogen (secondary N) is 1. The van der Waals surface area contributed by atoms with Gasteiger partial charge in [-0.15, -0.1) is 0 Å². The molecule has 0 fully saturated rings. The molecule has 0 aliphatic heterocycles. The van der Waals surface area contributed by atoms with E-state index in [2.05, 4.69) is 31.2 Å². The summed E-state index contributed by atoms with van der Waals surface area (Å²) < 4.78 is 6.31. The number of hydrogen-bond acceptors (Lipinski definition) is 4. The Kier molecular flexibility index (Phi) is 4.48. The van der Waals surface area contributed by atoms with Gasteiger partial charge in [-0.2, -0.15) is 0 Å². The maximum atomic E-state index is 11.4. The summed E-state index contributed by atoms with van der Waals surface area (Å²) >= 11 is 5.17.